The number of nitrogens with two attached hydrogens (primary N) is 1. The molecule has 0 spiro atoms. The van der Waals surface area contributed by atoms with Gasteiger partial charge in [-0.25, -0.2) is 0 Å². The van der Waals surface area contributed by atoms with E-state index in [4.69, 9.17) is 11.0 Å². The van der Waals surface area contributed by atoms with Gasteiger partial charge in [-0.2, -0.15) is 5.26 Å². The van der Waals surface area contributed by atoms with E-state index in [0.29, 0.717) is 17.3 Å². The van der Waals surface area contributed by atoms with Crippen LogP contribution in [0.3, 0.4) is 0 Å². The Morgan fingerprint density at radius 2 is 2.19 bits per heavy atom. The minimum Gasteiger partial charge on any atom is -0.398 e. The molecule has 0 heterocycles. The van der Waals surface area contributed by atoms with Crippen LogP contribution in [0, 0.1) is 11.3 Å². The van der Waals surface area contributed by atoms with E-state index in [2.05, 4.69) is 24.8 Å². The van der Waals surface area contributed by atoms with Crippen LogP contribution in [0.2, 0.25) is 0 Å². The molecule has 0 saturated carbocycles. The Kier molecular flexibility index (Phi) is 4.19. The minimum atomic E-state index is 0.472. The van der Waals surface area contributed by atoms with Crippen LogP contribution in [0.15, 0.2) is 18.2 Å². The molecule has 0 aromatic heterocycles. The van der Waals surface area contributed by atoms with E-state index in [0.717, 1.165) is 18.5 Å². The van der Waals surface area contributed by atoms with Crippen LogP contribution in [0.1, 0.15) is 32.3 Å². The molecule has 1 rings (SSSR count). The minimum absolute atomic E-state index is 0.472. The van der Waals surface area contributed by atoms with Crippen molar-refractivity contribution in [1.29, 1.82) is 5.26 Å². The fourth-order valence-corrected chi connectivity index (χ4v) is 1.73. The van der Waals surface area contributed by atoms with E-state index >= 15 is 0 Å². The quantitative estimate of drug-likeness (QED) is 0.789. The lowest BCUT2D eigenvalue weighted by Crippen LogP contribution is -2.28. The predicted molar refractivity (Wildman–Crippen MR) is 68.3 cm³/mol. The Balaban J connectivity index is 2.92. The summed E-state index contributed by atoms with van der Waals surface area (Å²) in [4.78, 5) is 2.18. The second-order valence-electron chi connectivity index (χ2n) is 4.13. The topological polar surface area (TPSA) is 53.0 Å². The molecule has 0 aliphatic carbocycles. The summed E-state index contributed by atoms with van der Waals surface area (Å²) in [6.07, 6.45) is 2.30. The zero-order chi connectivity index (χ0) is 12.1. The summed E-state index contributed by atoms with van der Waals surface area (Å²) in [5.74, 6) is 0. The molecular weight excluding hydrogens is 198 g/mol. The van der Waals surface area contributed by atoms with Crippen LogP contribution in [-0.4, -0.2) is 13.1 Å². The molecule has 1 aromatic carbocycles. The number of hydrogen-bond acceptors (Lipinski definition) is 3. The molecule has 1 aromatic rings. The van der Waals surface area contributed by atoms with Gasteiger partial charge in [0.2, 0.25) is 0 Å². The summed E-state index contributed by atoms with van der Waals surface area (Å²) in [5.41, 5.74) is 7.84. The lowest BCUT2D eigenvalue weighted by Gasteiger charge is -2.27. The highest BCUT2D eigenvalue weighted by Gasteiger charge is 2.10. The molecule has 0 fully saturated rings. The maximum atomic E-state index is 8.92. The van der Waals surface area contributed by atoms with Gasteiger partial charge in [-0.15, -0.1) is 0 Å². The summed E-state index contributed by atoms with van der Waals surface area (Å²) < 4.78 is 0. The zero-order valence-electron chi connectivity index (χ0n) is 10.2. The summed E-state index contributed by atoms with van der Waals surface area (Å²) in [6.45, 7) is 4.36. The van der Waals surface area contributed by atoms with Gasteiger partial charge in [-0.05, 0) is 31.5 Å². The number of rotatable bonds is 4. The second kappa shape index (κ2) is 5.41. The average molecular weight is 217 g/mol. The van der Waals surface area contributed by atoms with Gasteiger partial charge in [0.25, 0.3) is 0 Å². The first-order chi connectivity index (χ1) is 7.60. The number of nitriles is 1. The van der Waals surface area contributed by atoms with Crippen LogP contribution >= 0.6 is 0 Å². The first kappa shape index (κ1) is 12.4. The van der Waals surface area contributed by atoms with Crippen molar-refractivity contribution in [3.8, 4) is 6.07 Å². The molecule has 3 nitrogen and oxygen atoms in total. The van der Waals surface area contributed by atoms with Gasteiger partial charge in [0, 0.05) is 24.5 Å². The van der Waals surface area contributed by atoms with E-state index in [1.807, 2.05) is 19.2 Å². The van der Waals surface area contributed by atoms with Crippen molar-refractivity contribution in [2.75, 3.05) is 17.7 Å². The van der Waals surface area contributed by atoms with Gasteiger partial charge in [0.15, 0.2) is 0 Å². The third kappa shape index (κ3) is 2.66. The largest absolute Gasteiger partial charge is 0.398 e. The molecule has 1 atom stereocenters. The number of anilines is 2. The summed E-state index contributed by atoms with van der Waals surface area (Å²) in [5, 5.41) is 8.92. The van der Waals surface area contributed by atoms with Crippen LogP contribution < -0.4 is 10.6 Å². The Morgan fingerprint density at radius 3 is 2.75 bits per heavy atom. The Bertz CT molecular complexity index is 393. The van der Waals surface area contributed by atoms with Crippen LogP contribution in [0.4, 0.5) is 11.4 Å². The maximum absolute atomic E-state index is 8.92. The molecule has 0 bridgehead atoms. The molecule has 2 N–H and O–H groups in total. The number of nitrogen functional groups attached to an aromatic ring is 1. The van der Waals surface area contributed by atoms with Gasteiger partial charge >= 0.3 is 0 Å². The molecule has 1 unspecified atom stereocenters. The lowest BCUT2D eigenvalue weighted by molar-refractivity contribution is 0.616. The highest BCUT2D eigenvalue weighted by atomic mass is 15.1. The Labute approximate surface area is 97.5 Å². The van der Waals surface area contributed by atoms with Gasteiger partial charge < -0.3 is 10.6 Å². The first-order valence-corrected chi connectivity index (χ1v) is 5.62. The molecule has 16 heavy (non-hydrogen) atoms. The zero-order valence-corrected chi connectivity index (χ0v) is 10.2. The third-order valence-electron chi connectivity index (χ3n) is 2.93. The standard InChI is InChI=1S/C13H19N3/c1-4-5-10(2)16(3)12-6-7-13(15)11(8-12)9-14/h6-8,10H,4-5,15H2,1-3H3. The second-order valence-corrected chi connectivity index (χ2v) is 4.13. The van der Waals surface area contributed by atoms with Crippen molar-refractivity contribution in [3.05, 3.63) is 23.8 Å². The monoisotopic (exact) mass is 217 g/mol. The van der Waals surface area contributed by atoms with Crippen LogP contribution in [0.5, 0.6) is 0 Å². The number of hydrogen-bond donors (Lipinski definition) is 1. The summed E-state index contributed by atoms with van der Waals surface area (Å²) >= 11 is 0. The Morgan fingerprint density at radius 1 is 1.50 bits per heavy atom. The normalized spacial score (nSPS) is 11.9. The molecule has 3 heteroatoms. The number of nitrogens with zero attached hydrogens (tertiary/aromatic N) is 2. The van der Waals surface area contributed by atoms with Crippen molar-refractivity contribution < 1.29 is 0 Å². The summed E-state index contributed by atoms with van der Waals surface area (Å²) in [6, 6.07) is 8.19. The van der Waals surface area contributed by atoms with Crippen molar-refractivity contribution in [2.24, 2.45) is 0 Å². The molecule has 86 valence electrons. The highest BCUT2D eigenvalue weighted by Crippen LogP contribution is 2.22. The van der Waals surface area contributed by atoms with Gasteiger partial charge in [0.05, 0.1) is 5.56 Å². The fourth-order valence-electron chi connectivity index (χ4n) is 1.73. The Hall–Kier alpha value is -1.69. The van der Waals surface area contributed by atoms with Gasteiger partial charge in [0.1, 0.15) is 6.07 Å². The van der Waals surface area contributed by atoms with Crippen molar-refractivity contribution in [2.45, 2.75) is 32.7 Å². The predicted octanol–water partition coefficient (Wildman–Crippen LogP) is 2.77. The van der Waals surface area contributed by atoms with E-state index in [1.165, 1.54) is 0 Å². The van der Waals surface area contributed by atoms with Crippen molar-refractivity contribution in [3.63, 3.8) is 0 Å². The van der Waals surface area contributed by atoms with E-state index < -0.39 is 0 Å². The molecule has 0 radical (unpaired) electrons. The molecular formula is C13H19N3. The lowest BCUT2D eigenvalue weighted by atomic mass is 10.1. The van der Waals surface area contributed by atoms with Crippen LogP contribution in [-0.2, 0) is 0 Å². The van der Waals surface area contributed by atoms with Gasteiger partial charge in [-0.1, -0.05) is 13.3 Å². The van der Waals surface area contributed by atoms with E-state index in [9.17, 15) is 0 Å². The van der Waals surface area contributed by atoms with Gasteiger partial charge in [-0.3, -0.25) is 0 Å². The maximum Gasteiger partial charge on any atom is 0.101 e. The van der Waals surface area contributed by atoms with E-state index in [1.54, 1.807) is 6.07 Å². The number of benzene rings is 1. The average Bonchev–Trinajstić information content (AvgIpc) is 2.29. The van der Waals surface area contributed by atoms with Crippen LogP contribution in [0.25, 0.3) is 0 Å². The van der Waals surface area contributed by atoms with Crippen molar-refractivity contribution in [1.82, 2.24) is 0 Å². The smallest absolute Gasteiger partial charge is 0.101 e. The molecule has 0 aliphatic rings. The summed E-state index contributed by atoms with van der Waals surface area (Å²) in [7, 11) is 2.05. The third-order valence-corrected chi connectivity index (χ3v) is 2.93. The van der Waals surface area contributed by atoms with Crippen molar-refractivity contribution >= 4 is 11.4 Å². The molecule has 0 aliphatic heterocycles. The highest BCUT2D eigenvalue weighted by molar-refractivity contribution is 5.62. The molecule has 0 saturated heterocycles. The molecule has 0 amide bonds. The SMILES string of the molecule is CCCC(C)N(C)c1ccc(N)c(C#N)c1. The first-order valence-electron chi connectivity index (χ1n) is 5.62. The van der Waals surface area contributed by atoms with E-state index in [-0.39, 0.29) is 0 Å². The fraction of sp³-hybridized carbons (Fsp3) is 0.462.